The van der Waals surface area contributed by atoms with E-state index in [4.69, 9.17) is 4.74 Å². The molecule has 0 aliphatic carbocycles. The number of nitrogens with zero attached hydrogens (tertiary/aromatic N) is 2. The largest absolute Gasteiger partial charge is 0.496 e. The molecule has 0 radical (unpaired) electrons. The van der Waals surface area contributed by atoms with Gasteiger partial charge >= 0.3 is 0 Å². The molecule has 0 aliphatic heterocycles. The third-order valence-corrected chi connectivity index (χ3v) is 3.29. The summed E-state index contributed by atoms with van der Waals surface area (Å²) in [6.07, 6.45) is 3.25. The van der Waals surface area contributed by atoms with Crippen LogP contribution in [-0.4, -0.2) is 36.1 Å². The molecule has 0 saturated heterocycles. The molecule has 1 aromatic heterocycles. The second-order valence-corrected chi connectivity index (χ2v) is 5.01. The summed E-state index contributed by atoms with van der Waals surface area (Å²) in [5.74, 6) is 1.10. The van der Waals surface area contributed by atoms with Crippen molar-refractivity contribution in [1.29, 1.82) is 0 Å². The smallest absolute Gasteiger partial charge is 0.270 e. The van der Waals surface area contributed by atoms with E-state index in [9.17, 15) is 4.79 Å². The predicted molar refractivity (Wildman–Crippen MR) is 89.8 cm³/mol. The van der Waals surface area contributed by atoms with Gasteiger partial charge in [0.15, 0.2) is 0 Å². The second-order valence-electron chi connectivity index (χ2n) is 5.01. The highest BCUT2D eigenvalue weighted by molar-refractivity contribution is 5.92. The molecule has 0 aliphatic rings. The number of hydrogen-bond acceptors (Lipinski definition) is 5. The van der Waals surface area contributed by atoms with Gasteiger partial charge in [0.1, 0.15) is 11.4 Å². The first-order valence-electron chi connectivity index (χ1n) is 7.71. The number of hydrogen-bond donors (Lipinski definition) is 2. The van der Waals surface area contributed by atoms with Crippen molar-refractivity contribution in [2.75, 3.05) is 25.5 Å². The molecule has 0 atom stereocenters. The quantitative estimate of drug-likeness (QED) is 0.782. The maximum atomic E-state index is 12.2. The number of anilines is 1. The maximum absolute atomic E-state index is 12.2. The van der Waals surface area contributed by atoms with Gasteiger partial charge in [-0.25, -0.2) is 9.97 Å². The highest BCUT2D eigenvalue weighted by atomic mass is 16.5. The summed E-state index contributed by atoms with van der Waals surface area (Å²) in [6, 6.07) is 9.38. The number of carbonyl (C=O) groups excluding carboxylic acids is 1. The van der Waals surface area contributed by atoms with Crippen LogP contribution in [0.1, 0.15) is 29.4 Å². The van der Waals surface area contributed by atoms with Gasteiger partial charge in [0.25, 0.3) is 5.91 Å². The first-order valence-corrected chi connectivity index (χ1v) is 7.71. The van der Waals surface area contributed by atoms with Gasteiger partial charge in [0, 0.05) is 19.3 Å². The molecule has 6 heteroatoms. The van der Waals surface area contributed by atoms with E-state index >= 15 is 0 Å². The number of amides is 1. The molecular formula is C17H22N4O2. The minimum atomic E-state index is -0.207. The molecule has 0 saturated carbocycles. The number of nitrogens with one attached hydrogen (secondary N) is 2. The average Bonchev–Trinajstić information content (AvgIpc) is 2.60. The van der Waals surface area contributed by atoms with Gasteiger partial charge < -0.3 is 15.4 Å². The van der Waals surface area contributed by atoms with Crippen molar-refractivity contribution in [3.05, 3.63) is 47.8 Å². The standard InChI is InChI=1S/C17H22N4O2/c1-3-10-19-17-20-12-9-14(21-17)16(22)18-11-8-13-6-4-5-7-15(13)23-2/h4-7,9,12H,3,8,10-11H2,1-2H3,(H,18,22)(H,19,20,21). The van der Waals surface area contributed by atoms with Gasteiger partial charge in [-0.2, -0.15) is 0 Å². The Morgan fingerprint density at radius 3 is 2.83 bits per heavy atom. The van der Waals surface area contributed by atoms with E-state index in [1.807, 2.05) is 24.3 Å². The van der Waals surface area contributed by atoms with Gasteiger partial charge in [0.2, 0.25) is 5.95 Å². The topological polar surface area (TPSA) is 76.1 Å². The summed E-state index contributed by atoms with van der Waals surface area (Å²) in [4.78, 5) is 20.5. The molecule has 0 fully saturated rings. The van der Waals surface area contributed by atoms with Crippen LogP contribution in [0.4, 0.5) is 5.95 Å². The van der Waals surface area contributed by atoms with Crippen LogP contribution in [0.15, 0.2) is 36.5 Å². The van der Waals surface area contributed by atoms with Crippen LogP contribution in [0, 0.1) is 0 Å². The highest BCUT2D eigenvalue weighted by Gasteiger charge is 2.09. The Bertz CT molecular complexity index is 646. The molecule has 1 aromatic carbocycles. The summed E-state index contributed by atoms with van der Waals surface area (Å²) in [5.41, 5.74) is 1.42. The Kier molecular flexibility index (Phi) is 6.35. The van der Waals surface area contributed by atoms with Crippen LogP contribution >= 0.6 is 0 Å². The van der Waals surface area contributed by atoms with Crippen molar-refractivity contribution < 1.29 is 9.53 Å². The maximum Gasteiger partial charge on any atom is 0.270 e. The number of rotatable bonds is 8. The van der Waals surface area contributed by atoms with Crippen LogP contribution in [0.5, 0.6) is 5.75 Å². The van der Waals surface area contributed by atoms with E-state index in [2.05, 4.69) is 27.5 Å². The van der Waals surface area contributed by atoms with Crippen molar-refractivity contribution in [3.63, 3.8) is 0 Å². The monoisotopic (exact) mass is 314 g/mol. The first-order chi connectivity index (χ1) is 11.2. The van der Waals surface area contributed by atoms with Crippen molar-refractivity contribution in [1.82, 2.24) is 15.3 Å². The van der Waals surface area contributed by atoms with Crippen molar-refractivity contribution >= 4 is 11.9 Å². The van der Waals surface area contributed by atoms with Crippen molar-refractivity contribution in [2.45, 2.75) is 19.8 Å². The van der Waals surface area contributed by atoms with Crippen molar-refractivity contribution in [2.24, 2.45) is 0 Å². The Hall–Kier alpha value is -2.63. The number of para-hydroxylation sites is 1. The lowest BCUT2D eigenvalue weighted by Crippen LogP contribution is -2.27. The van der Waals surface area contributed by atoms with Crippen LogP contribution in [-0.2, 0) is 6.42 Å². The zero-order chi connectivity index (χ0) is 16.5. The summed E-state index contributed by atoms with van der Waals surface area (Å²) in [5, 5.41) is 5.94. The highest BCUT2D eigenvalue weighted by Crippen LogP contribution is 2.17. The Morgan fingerprint density at radius 2 is 2.04 bits per heavy atom. The molecule has 6 nitrogen and oxygen atoms in total. The number of benzene rings is 1. The molecule has 1 amide bonds. The fourth-order valence-electron chi connectivity index (χ4n) is 2.12. The summed E-state index contributed by atoms with van der Waals surface area (Å²) >= 11 is 0. The third-order valence-electron chi connectivity index (χ3n) is 3.29. The molecule has 122 valence electrons. The Morgan fingerprint density at radius 1 is 1.22 bits per heavy atom. The fourth-order valence-corrected chi connectivity index (χ4v) is 2.12. The molecular weight excluding hydrogens is 292 g/mol. The van der Waals surface area contributed by atoms with Gasteiger partial charge in [-0.15, -0.1) is 0 Å². The van der Waals surface area contributed by atoms with Gasteiger partial charge in [-0.3, -0.25) is 4.79 Å². The first kappa shape index (κ1) is 16.7. The van der Waals surface area contributed by atoms with Crippen LogP contribution in [0.2, 0.25) is 0 Å². The SMILES string of the molecule is CCCNc1nccc(C(=O)NCCc2ccccc2OC)n1. The molecule has 0 bridgehead atoms. The summed E-state index contributed by atoms with van der Waals surface area (Å²) < 4.78 is 5.30. The Balaban J connectivity index is 1.89. The number of methoxy groups -OCH3 is 1. The molecule has 0 spiro atoms. The van der Waals surface area contributed by atoms with Gasteiger partial charge in [-0.1, -0.05) is 25.1 Å². The molecule has 1 heterocycles. The summed E-state index contributed by atoms with van der Waals surface area (Å²) in [6.45, 7) is 3.35. The Labute approximate surface area is 136 Å². The van der Waals surface area contributed by atoms with E-state index in [1.54, 1.807) is 19.4 Å². The number of aromatic nitrogens is 2. The average molecular weight is 314 g/mol. The van der Waals surface area contributed by atoms with E-state index in [0.717, 1.165) is 24.3 Å². The number of ether oxygens (including phenoxy) is 1. The van der Waals surface area contributed by atoms with Crippen LogP contribution in [0.3, 0.4) is 0 Å². The molecule has 2 rings (SSSR count). The normalized spacial score (nSPS) is 10.2. The van der Waals surface area contributed by atoms with E-state index < -0.39 is 0 Å². The zero-order valence-corrected chi connectivity index (χ0v) is 13.5. The molecule has 23 heavy (non-hydrogen) atoms. The molecule has 2 N–H and O–H groups in total. The van der Waals surface area contributed by atoms with Crippen LogP contribution < -0.4 is 15.4 Å². The fraction of sp³-hybridized carbons (Fsp3) is 0.353. The third kappa shape index (κ3) is 4.95. The predicted octanol–water partition coefficient (Wildman–Crippen LogP) is 2.28. The van der Waals surface area contributed by atoms with E-state index in [0.29, 0.717) is 24.6 Å². The minimum absolute atomic E-state index is 0.207. The van der Waals surface area contributed by atoms with Crippen molar-refractivity contribution in [3.8, 4) is 5.75 Å². The van der Waals surface area contributed by atoms with Gasteiger partial charge in [0.05, 0.1) is 7.11 Å². The lowest BCUT2D eigenvalue weighted by atomic mass is 10.1. The lowest BCUT2D eigenvalue weighted by molar-refractivity contribution is 0.0949. The number of carbonyl (C=O) groups is 1. The summed E-state index contributed by atoms with van der Waals surface area (Å²) in [7, 11) is 1.64. The van der Waals surface area contributed by atoms with E-state index in [1.165, 1.54) is 0 Å². The second kappa shape index (κ2) is 8.73. The van der Waals surface area contributed by atoms with E-state index in [-0.39, 0.29) is 5.91 Å². The molecule has 2 aromatic rings. The lowest BCUT2D eigenvalue weighted by Gasteiger charge is -2.09. The van der Waals surface area contributed by atoms with Gasteiger partial charge in [-0.05, 0) is 30.5 Å². The molecule has 0 unspecified atom stereocenters. The zero-order valence-electron chi connectivity index (χ0n) is 13.5. The van der Waals surface area contributed by atoms with Crippen LogP contribution in [0.25, 0.3) is 0 Å². The minimum Gasteiger partial charge on any atom is -0.496 e.